The van der Waals surface area contributed by atoms with Gasteiger partial charge in [-0.05, 0) is 72.4 Å². The highest BCUT2D eigenvalue weighted by atomic mass is 16.5. The summed E-state index contributed by atoms with van der Waals surface area (Å²) in [7, 11) is 2.54. The van der Waals surface area contributed by atoms with Crippen LogP contribution in [0.3, 0.4) is 0 Å². The first-order chi connectivity index (χ1) is 31.7. The third-order valence-corrected chi connectivity index (χ3v) is 11.1. The molecular formula is C50H55N9O6. The van der Waals surface area contributed by atoms with Gasteiger partial charge in [-0.1, -0.05) is 104 Å². The van der Waals surface area contributed by atoms with Gasteiger partial charge in [-0.3, -0.25) is 9.59 Å². The standard InChI is InChI=1S/C44H49N9O6.C6H6/c1-4-21-51(39(54)25-45-43(56)58-2)28-38-46-33-19-17-29(23-35(33)47-38)26-52(32-14-9-6-10-15-32)27-30-18-20-34-36(24-30)49-41(48-34)37-16-11-22-53(37)42(55)40(50-44(57)59-3)31-12-7-5-8-13-31;1-2-4-6-5-3-1/h5-10,12-15,17-20,23-24,37,40H,4,11,16,21-22,25-28H2,1-3H3,(H,45,56)(H,46,47)(H,48,49)(H,50,57);1-6H. The van der Waals surface area contributed by atoms with Crippen molar-refractivity contribution >= 4 is 51.8 Å². The van der Waals surface area contributed by atoms with E-state index < -0.39 is 18.2 Å². The number of rotatable bonds is 15. The molecule has 2 atom stereocenters. The van der Waals surface area contributed by atoms with E-state index in [1.54, 1.807) is 9.80 Å². The van der Waals surface area contributed by atoms with Crippen molar-refractivity contribution in [1.82, 2.24) is 40.4 Å². The summed E-state index contributed by atoms with van der Waals surface area (Å²) in [4.78, 5) is 73.2. The lowest BCUT2D eigenvalue weighted by Crippen LogP contribution is -2.42. The van der Waals surface area contributed by atoms with Gasteiger partial charge in [0.25, 0.3) is 5.91 Å². The minimum atomic E-state index is -0.893. The molecular weight excluding hydrogens is 823 g/mol. The van der Waals surface area contributed by atoms with E-state index in [0.29, 0.717) is 43.4 Å². The normalized spacial score (nSPS) is 13.6. The third kappa shape index (κ3) is 11.9. The van der Waals surface area contributed by atoms with E-state index in [1.165, 1.54) is 14.2 Å². The zero-order chi connectivity index (χ0) is 45.5. The van der Waals surface area contributed by atoms with Crippen molar-refractivity contribution in [3.05, 3.63) is 162 Å². The van der Waals surface area contributed by atoms with Crippen molar-refractivity contribution in [3.63, 3.8) is 0 Å². The fourth-order valence-electron chi connectivity index (χ4n) is 7.98. The lowest BCUT2D eigenvalue weighted by Gasteiger charge is -2.28. The molecule has 65 heavy (non-hydrogen) atoms. The van der Waals surface area contributed by atoms with Gasteiger partial charge in [0.15, 0.2) is 0 Å². The van der Waals surface area contributed by atoms with Crippen LogP contribution in [0.25, 0.3) is 22.1 Å². The molecule has 4 amide bonds. The monoisotopic (exact) mass is 877 g/mol. The number of alkyl carbamates (subject to hydrolysis) is 2. The van der Waals surface area contributed by atoms with Crippen LogP contribution in [-0.4, -0.2) is 87.6 Å². The fraction of sp³-hybridized carbons (Fsp3) is 0.280. The quantitative estimate of drug-likeness (QED) is 0.0791. The van der Waals surface area contributed by atoms with E-state index in [9.17, 15) is 19.2 Å². The number of aromatic nitrogens is 4. The number of nitrogens with one attached hydrogen (secondary N) is 4. The summed E-state index contributed by atoms with van der Waals surface area (Å²) in [5.74, 6) is 0.925. The Balaban J connectivity index is 0.000000970. The number of carbonyl (C=O) groups excluding carboxylic acids is 4. The number of hydrogen-bond donors (Lipinski definition) is 4. The van der Waals surface area contributed by atoms with Gasteiger partial charge >= 0.3 is 12.2 Å². The molecule has 0 saturated carbocycles. The minimum absolute atomic E-state index is 0.159. The molecule has 1 aliphatic rings. The Bertz CT molecular complexity index is 2630. The summed E-state index contributed by atoms with van der Waals surface area (Å²) in [6.07, 6.45) is 0.978. The van der Waals surface area contributed by atoms with Crippen LogP contribution in [0.5, 0.6) is 0 Å². The topological polar surface area (TPSA) is 178 Å². The number of para-hydroxylation sites is 1. The minimum Gasteiger partial charge on any atom is -0.453 e. The molecule has 15 nitrogen and oxygen atoms in total. The molecule has 5 aromatic carbocycles. The Morgan fingerprint density at radius 2 is 1.32 bits per heavy atom. The molecule has 15 heteroatoms. The van der Waals surface area contributed by atoms with E-state index in [1.807, 2.05) is 104 Å². The summed E-state index contributed by atoms with van der Waals surface area (Å²) in [6, 6.07) is 42.6. The van der Waals surface area contributed by atoms with Gasteiger partial charge < -0.3 is 44.8 Å². The SMILES string of the molecule is CCCN(Cc1nc2ccc(CN(Cc3ccc4nc(C5CCCN5C(=O)C(NC(=O)OC)c5ccccc5)[nH]c4c3)c3ccccc3)cc2[nH]1)C(=O)CNC(=O)OC.c1ccccc1. The summed E-state index contributed by atoms with van der Waals surface area (Å²) in [5.41, 5.74) is 7.23. The number of nitrogens with zero attached hydrogens (tertiary/aromatic N) is 5. The maximum Gasteiger partial charge on any atom is 0.407 e. The third-order valence-electron chi connectivity index (χ3n) is 11.1. The maximum atomic E-state index is 14.0. The Morgan fingerprint density at radius 3 is 1.94 bits per heavy atom. The van der Waals surface area contributed by atoms with Crippen LogP contribution in [0.1, 0.15) is 66.6 Å². The lowest BCUT2D eigenvalue weighted by molar-refractivity contribution is -0.134. The van der Waals surface area contributed by atoms with Crippen molar-refractivity contribution in [1.29, 1.82) is 0 Å². The highest BCUT2D eigenvalue weighted by Crippen LogP contribution is 2.34. The molecule has 7 aromatic rings. The van der Waals surface area contributed by atoms with Gasteiger partial charge in [-0.2, -0.15) is 0 Å². The number of H-pyrrole nitrogens is 2. The van der Waals surface area contributed by atoms with Crippen LogP contribution >= 0.6 is 0 Å². The number of amides is 4. The first-order valence-electron chi connectivity index (χ1n) is 21.8. The number of methoxy groups -OCH3 is 2. The number of imidazole rings is 2. The fourth-order valence-corrected chi connectivity index (χ4v) is 7.98. The molecule has 2 unspecified atom stereocenters. The molecule has 1 saturated heterocycles. The van der Waals surface area contributed by atoms with Crippen LogP contribution in [0.2, 0.25) is 0 Å². The van der Waals surface area contributed by atoms with Crippen molar-refractivity contribution in [2.24, 2.45) is 0 Å². The largest absolute Gasteiger partial charge is 0.453 e. The number of aromatic amines is 2. The molecule has 1 fully saturated rings. The Labute approximate surface area is 378 Å². The van der Waals surface area contributed by atoms with Crippen LogP contribution in [0.4, 0.5) is 15.3 Å². The van der Waals surface area contributed by atoms with Crippen molar-refractivity contribution in [2.75, 3.05) is 38.8 Å². The highest BCUT2D eigenvalue weighted by Gasteiger charge is 2.37. The van der Waals surface area contributed by atoms with Gasteiger partial charge in [0.1, 0.15) is 24.2 Å². The summed E-state index contributed by atoms with van der Waals surface area (Å²) in [6.45, 7) is 4.40. The molecule has 4 N–H and O–H groups in total. The second-order valence-electron chi connectivity index (χ2n) is 15.7. The number of likely N-dealkylation sites (tertiary alicyclic amines) is 1. The van der Waals surface area contributed by atoms with E-state index in [2.05, 4.69) is 66.6 Å². The number of carbonyl (C=O) groups is 4. The van der Waals surface area contributed by atoms with E-state index in [-0.39, 0.29) is 30.9 Å². The lowest BCUT2D eigenvalue weighted by atomic mass is 10.1. The molecule has 336 valence electrons. The van der Waals surface area contributed by atoms with Crippen molar-refractivity contribution in [2.45, 2.75) is 57.9 Å². The molecule has 0 spiro atoms. The number of anilines is 1. The van der Waals surface area contributed by atoms with Gasteiger partial charge in [0, 0.05) is 31.9 Å². The summed E-state index contributed by atoms with van der Waals surface area (Å²) < 4.78 is 9.46. The van der Waals surface area contributed by atoms with Crippen LogP contribution in [-0.2, 0) is 38.7 Å². The second-order valence-corrected chi connectivity index (χ2v) is 15.7. The average Bonchev–Trinajstić information content (AvgIpc) is 4.11. The predicted octanol–water partition coefficient (Wildman–Crippen LogP) is 8.19. The molecule has 0 radical (unpaired) electrons. The van der Waals surface area contributed by atoms with Crippen LogP contribution < -0.4 is 15.5 Å². The Kier molecular flexibility index (Phi) is 15.4. The zero-order valence-corrected chi connectivity index (χ0v) is 36.9. The number of ether oxygens (including phenoxy) is 2. The van der Waals surface area contributed by atoms with Gasteiger partial charge in [-0.15, -0.1) is 0 Å². The number of hydrogen-bond acceptors (Lipinski definition) is 9. The smallest absolute Gasteiger partial charge is 0.407 e. The van der Waals surface area contributed by atoms with Crippen LogP contribution in [0.15, 0.2) is 133 Å². The van der Waals surface area contributed by atoms with E-state index >= 15 is 0 Å². The van der Waals surface area contributed by atoms with E-state index in [0.717, 1.165) is 58.1 Å². The second kappa shape index (κ2) is 22.1. The van der Waals surface area contributed by atoms with Gasteiger partial charge in [0.2, 0.25) is 5.91 Å². The molecule has 8 rings (SSSR count). The zero-order valence-electron chi connectivity index (χ0n) is 36.9. The average molecular weight is 878 g/mol. The molecule has 1 aliphatic heterocycles. The van der Waals surface area contributed by atoms with Gasteiger partial charge in [0.05, 0.1) is 48.9 Å². The first-order valence-corrected chi connectivity index (χ1v) is 21.8. The summed E-state index contributed by atoms with van der Waals surface area (Å²) in [5, 5.41) is 5.19. The maximum absolute atomic E-state index is 14.0. The van der Waals surface area contributed by atoms with Crippen molar-refractivity contribution in [3.8, 4) is 0 Å². The Hall–Kier alpha value is -7.68. The predicted molar refractivity (Wildman–Crippen MR) is 249 cm³/mol. The van der Waals surface area contributed by atoms with Crippen LogP contribution in [0, 0.1) is 0 Å². The molecule has 3 heterocycles. The number of benzene rings is 5. The first kappa shape index (κ1) is 45.3. The highest BCUT2D eigenvalue weighted by molar-refractivity contribution is 5.88. The van der Waals surface area contributed by atoms with Gasteiger partial charge in [-0.25, -0.2) is 19.6 Å². The Morgan fingerprint density at radius 1 is 0.738 bits per heavy atom. The number of fused-ring (bicyclic) bond motifs is 2. The molecule has 0 aliphatic carbocycles. The summed E-state index contributed by atoms with van der Waals surface area (Å²) >= 11 is 0. The van der Waals surface area contributed by atoms with E-state index in [4.69, 9.17) is 14.7 Å². The molecule has 0 bridgehead atoms. The van der Waals surface area contributed by atoms with Crippen molar-refractivity contribution < 1.29 is 28.7 Å². The molecule has 2 aromatic heterocycles.